The predicted molar refractivity (Wildman–Crippen MR) is 250 cm³/mol. The molecule has 2 aliphatic heterocycles. The first-order valence-corrected chi connectivity index (χ1v) is 23.4. The molecule has 8 N–H and O–H groups in total. The van der Waals surface area contributed by atoms with E-state index >= 15 is 0 Å². The third-order valence-electron chi connectivity index (χ3n) is 12.3. The molecule has 3 aromatic heterocycles. The smallest absolute Gasteiger partial charge is 0.228 e. The number of aryl methyl sites for hydroxylation is 3. The molecule has 2 aliphatic rings. The number of aliphatic hydroxyl groups excluding tert-OH is 6. The Labute approximate surface area is 372 Å². The zero-order chi connectivity index (χ0) is 44.9. The first kappa shape index (κ1) is 48.1. The SMILES string of the molecule is CCCCCCc1c2nc(c(-c3cccc(OC(OC(CO)[C@H](C)O)[C@@H](O)CO)c3)c3ccc([nH]3)c(CCCCCC)c3nc(c(CCCCCC)c4ccc1[nH]4)[C@H](O)[C@@H]3O)C=C2. The lowest BCUT2D eigenvalue weighted by atomic mass is 9.98. The van der Waals surface area contributed by atoms with Crippen LogP contribution in [0.15, 0.2) is 48.5 Å². The molecule has 0 saturated carbocycles. The molecule has 0 amide bonds. The molecule has 0 saturated heterocycles. The molecule has 5 heterocycles. The van der Waals surface area contributed by atoms with Crippen molar-refractivity contribution in [3.8, 4) is 16.9 Å². The lowest BCUT2D eigenvalue weighted by Gasteiger charge is -2.28. The van der Waals surface area contributed by atoms with Crippen LogP contribution in [0.25, 0.3) is 45.3 Å². The van der Waals surface area contributed by atoms with Crippen molar-refractivity contribution in [3.05, 3.63) is 88.0 Å². The Morgan fingerprint density at radius 3 is 1.68 bits per heavy atom. The topological polar surface area (TPSA) is 197 Å². The van der Waals surface area contributed by atoms with Crippen molar-refractivity contribution in [1.82, 2.24) is 19.9 Å². The largest absolute Gasteiger partial charge is 0.462 e. The van der Waals surface area contributed by atoms with Gasteiger partial charge in [0.15, 0.2) is 0 Å². The fraction of sp³-hybridized carbons (Fsp3) is 0.529. The molecule has 4 aromatic rings. The molecule has 12 nitrogen and oxygen atoms in total. The maximum absolute atomic E-state index is 11.9. The van der Waals surface area contributed by atoms with Gasteiger partial charge >= 0.3 is 0 Å². The molecule has 1 aromatic carbocycles. The molecule has 6 atom stereocenters. The lowest BCUT2D eigenvalue weighted by molar-refractivity contribution is -0.205. The van der Waals surface area contributed by atoms with Crippen molar-refractivity contribution in [2.45, 2.75) is 161 Å². The Hall–Kier alpha value is -4.40. The monoisotopic (exact) mass is 867 g/mol. The predicted octanol–water partition coefficient (Wildman–Crippen LogP) is 9.10. The fourth-order valence-electron chi connectivity index (χ4n) is 8.64. The number of nitrogens with zero attached hydrogens (tertiary/aromatic N) is 2. The third kappa shape index (κ3) is 11.8. The van der Waals surface area contributed by atoms with Gasteiger partial charge in [0.2, 0.25) is 6.29 Å². The number of ether oxygens (including phenoxy) is 2. The van der Waals surface area contributed by atoms with E-state index in [1.165, 1.54) is 6.92 Å². The Morgan fingerprint density at radius 2 is 1.14 bits per heavy atom. The fourth-order valence-corrected chi connectivity index (χ4v) is 8.64. The number of aromatic amines is 2. The third-order valence-corrected chi connectivity index (χ3v) is 12.3. The van der Waals surface area contributed by atoms with Crippen molar-refractivity contribution in [2.24, 2.45) is 0 Å². The second-order valence-electron chi connectivity index (χ2n) is 17.2. The highest BCUT2D eigenvalue weighted by Crippen LogP contribution is 2.40. The number of hydrogen-bond donors (Lipinski definition) is 8. The van der Waals surface area contributed by atoms with Crippen LogP contribution >= 0.6 is 0 Å². The quantitative estimate of drug-likeness (QED) is 0.0219. The first-order chi connectivity index (χ1) is 30.6. The molecule has 12 heteroatoms. The number of aromatic nitrogens is 4. The Morgan fingerprint density at radius 1 is 0.619 bits per heavy atom. The molecule has 63 heavy (non-hydrogen) atoms. The zero-order valence-electron chi connectivity index (χ0n) is 37.7. The van der Waals surface area contributed by atoms with Crippen LogP contribution in [0.5, 0.6) is 5.75 Å². The number of aliphatic hydroxyl groups is 6. The molecule has 6 rings (SSSR count). The summed E-state index contributed by atoms with van der Waals surface area (Å²) >= 11 is 0. The van der Waals surface area contributed by atoms with Crippen molar-refractivity contribution >= 4 is 34.2 Å². The number of nitrogens with one attached hydrogen (secondary N) is 2. The standard InChI is InChI=1S/C51H70N4O8/c1-5-8-11-14-20-35-38-23-24-40(52-38)36(21-15-12-9-6-2)47-49(60)50(61)48(55-47)37(22-16-13-10-7-3)41-26-28-43(54-41)46(42-27-25-39(35)53-42)33-18-17-19-34(29-33)62-51(44(59)30-56)63-45(31-57)32(4)58/h17-19,23-29,32,44-45,49-52,54,56-61H,5-16,20-22,30-31H2,1-4H3/t32-,44-,45?,49-,50+,51?/m0/s1. The second kappa shape index (κ2) is 23.5. The lowest BCUT2D eigenvalue weighted by Crippen LogP contribution is -2.43. The summed E-state index contributed by atoms with van der Waals surface area (Å²) in [5.41, 5.74) is 10.3. The number of rotatable bonds is 24. The van der Waals surface area contributed by atoms with Gasteiger partial charge in [0, 0.05) is 33.2 Å². The van der Waals surface area contributed by atoms with Gasteiger partial charge in [-0.15, -0.1) is 0 Å². The molecule has 8 bridgehead atoms. The number of unbranched alkanes of at least 4 members (excludes halogenated alkanes) is 9. The van der Waals surface area contributed by atoms with E-state index in [4.69, 9.17) is 19.4 Å². The average Bonchev–Trinajstić information content (AvgIpc) is 4.12. The van der Waals surface area contributed by atoms with Crippen LogP contribution < -0.4 is 4.74 Å². The molecule has 0 fully saturated rings. The molecule has 0 aliphatic carbocycles. The van der Waals surface area contributed by atoms with Gasteiger partial charge in [-0.05, 0) is 111 Å². The van der Waals surface area contributed by atoms with Crippen molar-refractivity contribution in [2.75, 3.05) is 13.2 Å². The minimum absolute atomic E-state index is 0.318. The van der Waals surface area contributed by atoms with Gasteiger partial charge in [-0.3, -0.25) is 4.98 Å². The highest BCUT2D eigenvalue weighted by molar-refractivity contribution is 5.92. The summed E-state index contributed by atoms with van der Waals surface area (Å²) in [6.45, 7) is 6.86. The summed E-state index contributed by atoms with van der Waals surface area (Å²) in [5.74, 6) is 0.318. The molecule has 0 radical (unpaired) electrons. The van der Waals surface area contributed by atoms with Crippen LogP contribution in [0.4, 0.5) is 0 Å². The molecule has 342 valence electrons. The van der Waals surface area contributed by atoms with Crippen molar-refractivity contribution in [3.63, 3.8) is 0 Å². The molecule has 2 unspecified atom stereocenters. The minimum Gasteiger partial charge on any atom is -0.462 e. The van der Waals surface area contributed by atoms with Crippen LogP contribution in [-0.2, 0) is 24.0 Å². The van der Waals surface area contributed by atoms with Gasteiger partial charge in [-0.1, -0.05) is 90.7 Å². The van der Waals surface area contributed by atoms with Crippen LogP contribution in [0, 0.1) is 0 Å². The normalized spacial score (nSPS) is 16.9. The van der Waals surface area contributed by atoms with Gasteiger partial charge in [0.1, 0.15) is 30.2 Å². The number of fused-ring (bicyclic) bond motifs is 8. The van der Waals surface area contributed by atoms with Crippen LogP contribution in [-0.4, -0.2) is 88.4 Å². The summed E-state index contributed by atoms with van der Waals surface area (Å²) in [4.78, 5) is 18.0. The van der Waals surface area contributed by atoms with E-state index in [2.05, 4.69) is 48.9 Å². The van der Waals surface area contributed by atoms with Crippen LogP contribution in [0.3, 0.4) is 0 Å². The van der Waals surface area contributed by atoms with E-state index in [9.17, 15) is 30.6 Å². The first-order valence-electron chi connectivity index (χ1n) is 23.4. The number of hydrogen-bond acceptors (Lipinski definition) is 10. The molecule has 0 spiro atoms. The Kier molecular flexibility index (Phi) is 17.9. The van der Waals surface area contributed by atoms with Crippen LogP contribution in [0.1, 0.15) is 156 Å². The summed E-state index contributed by atoms with van der Waals surface area (Å²) < 4.78 is 11.9. The van der Waals surface area contributed by atoms with Gasteiger partial charge in [-0.25, -0.2) is 4.98 Å². The molecular formula is C51H70N4O8. The highest BCUT2D eigenvalue weighted by atomic mass is 16.7. The second-order valence-corrected chi connectivity index (χ2v) is 17.2. The van der Waals surface area contributed by atoms with E-state index in [1.54, 1.807) is 6.07 Å². The van der Waals surface area contributed by atoms with Crippen molar-refractivity contribution < 1.29 is 40.1 Å². The Bertz CT molecular complexity index is 2280. The van der Waals surface area contributed by atoms with Gasteiger partial charge < -0.3 is 50.1 Å². The van der Waals surface area contributed by atoms with E-state index in [1.807, 2.05) is 36.4 Å². The van der Waals surface area contributed by atoms with E-state index in [0.29, 0.717) is 30.0 Å². The highest BCUT2D eigenvalue weighted by Gasteiger charge is 2.34. The van der Waals surface area contributed by atoms with E-state index in [0.717, 1.165) is 145 Å². The summed E-state index contributed by atoms with van der Waals surface area (Å²) in [6.07, 6.45) is 11.6. The minimum atomic E-state index is -1.46. The number of benzene rings is 1. The Balaban J connectivity index is 1.63. The maximum atomic E-state index is 11.9. The van der Waals surface area contributed by atoms with E-state index in [-0.39, 0.29) is 0 Å². The van der Waals surface area contributed by atoms with E-state index < -0.39 is 50.0 Å². The summed E-state index contributed by atoms with van der Waals surface area (Å²) in [7, 11) is 0. The van der Waals surface area contributed by atoms with Crippen molar-refractivity contribution in [1.29, 1.82) is 0 Å². The molecular weight excluding hydrogens is 797 g/mol. The maximum Gasteiger partial charge on any atom is 0.228 e. The summed E-state index contributed by atoms with van der Waals surface area (Å²) in [6, 6.07) is 15.5. The van der Waals surface area contributed by atoms with Gasteiger partial charge in [0.05, 0.1) is 42.1 Å². The summed E-state index contributed by atoms with van der Waals surface area (Å²) in [5, 5.41) is 64.4. The zero-order valence-corrected chi connectivity index (χ0v) is 37.7. The van der Waals surface area contributed by atoms with Crippen LogP contribution in [0.2, 0.25) is 0 Å². The number of H-pyrrole nitrogens is 2. The van der Waals surface area contributed by atoms with Gasteiger partial charge in [0.25, 0.3) is 0 Å². The van der Waals surface area contributed by atoms with Gasteiger partial charge in [-0.2, -0.15) is 0 Å². The average molecular weight is 867 g/mol.